The van der Waals surface area contributed by atoms with Crippen molar-refractivity contribution in [2.75, 3.05) is 7.05 Å². The summed E-state index contributed by atoms with van der Waals surface area (Å²) in [5, 5.41) is 12.0. The molecule has 0 bridgehead atoms. The summed E-state index contributed by atoms with van der Waals surface area (Å²) in [5.74, 6) is 0.0192. The highest BCUT2D eigenvalue weighted by molar-refractivity contribution is 5.94. The summed E-state index contributed by atoms with van der Waals surface area (Å²) < 4.78 is 0. The minimum absolute atomic E-state index is 0.0192. The number of amides is 1. The highest BCUT2D eigenvalue weighted by atomic mass is 16.1. The third-order valence-electron chi connectivity index (χ3n) is 4.09. The third kappa shape index (κ3) is 4.43. The molecule has 4 nitrogen and oxygen atoms in total. The Labute approximate surface area is 142 Å². The fraction of sp³-hybridized carbons (Fsp3) is 0.300. The number of rotatable bonds is 6. The summed E-state index contributed by atoms with van der Waals surface area (Å²) in [5.41, 5.74) is 3.69. The van der Waals surface area contributed by atoms with Gasteiger partial charge in [0.15, 0.2) is 0 Å². The molecule has 0 aromatic heterocycles. The second kappa shape index (κ2) is 7.29. The molecule has 1 saturated carbocycles. The predicted molar refractivity (Wildman–Crippen MR) is 93.3 cm³/mol. The Balaban J connectivity index is 1.56. The number of nitrogens with zero attached hydrogens (tertiary/aromatic N) is 2. The lowest BCUT2D eigenvalue weighted by atomic mass is 10.1. The number of hydrogen-bond acceptors (Lipinski definition) is 3. The minimum atomic E-state index is 0.0192. The zero-order chi connectivity index (χ0) is 16.9. The molecular formula is C20H21N3O. The Morgan fingerprint density at radius 2 is 1.88 bits per heavy atom. The molecule has 24 heavy (non-hydrogen) atoms. The Morgan fingerprint density at radius 1 is 1.17 bits per heavy atom. The molecule has 122 valence electrons. The van der Waals surface area contributed by atoms with Gasteiger partial charge in [0.1, 0.15) is 0 Å². The van der Waals surface area contributed by atoms with Gasteiger partial charge in [-0.25, -0.2) is 0 Å². The van der Waals surface area contributed by atoms with Crippen LogP contribution < -0.4 is 5.32 Å². The number of nitriles is 1. The second-order valence-electron chi connectivity index (χ2n) is 6.43. The molecular weight excluding hydrogens is 298 g/mol. The molecule has 1 amide bonds. The molecule has 0 unspecified atom stereocenters. The van der Waals surface area contributed by atoms with E-state index in [2.05, 4.69) is 16.3 Å². The molecule has 0 radical (unpaired) electrons. The number of carbonyl (C=O) groups excluding carboxylic acids is 1. The summed E-state index contributed by atoms with van der Waals surface area (Å²) >= 11 is 0. The molecule has 4 heteroatoms. The van der Waals surface area contributed by atoms with Crippen molar-refractivity contribution in [2.45, 2.75) is 32.0 Å². The normalized spacial score (nSPS) is 13.5. The van der Waals surface area contributed by atoms with Crippen molar-refractivity contribution in [3.8, 4) is 6.07 Å². The molecule has 0 heterocycles. The first kappa shape index (κ1) is 16.2. The maximum Gasteiger partial charge on any atom is 0.251 e. The molecule has 1 N–H and O–H groups in total. The largest absolute Gasteiger partial charge is 0.349 e. The van der Waals surface area contributed by atoms with E-state index in [1.165, 1.54) is 0 Å². The molecule has 2 aromatic carbocycles. The summed E-state index contributed by atoms with van der Waals surface area (Å²) in [6, 6.07) is 18.0. The van der Waals surface area contributed by atoms with Crippen LogP contribution >= 0.6 is 0 Å². The van der Waals surface area contributed by atoms with E-state index >= 15 is 0 Å². The van der Waals surface area contributed by atoms with Gasteiger partial charge in [0.2, 0.25) is 0 Å². The van der Waals surface area contributed by atoms with Crippen LogP contribution in [0.5, 0.6) is 0 Å². The van der Waals surface area contributed by atoms with Gasteiger partial charge in [0.25, 0.3) is 5.91 Å². The average molecular weight is 319 g/mol. The maximum atomic E-state index is 12.0. The van der Waals surface area contributed by atoms with Gasteiger partial charge in [0.05, 0.1) is 11.6 Å². The van der Waals surface area contributed by atoms with Crippen LogP contribution in [0.2, 0.25) is 0 Å². The van der Waals surface area contributed by atoms with Gasteiger partial charge in [-0.3, -0.25) is 9.69 Å². The quantitative estimate of drug-likeness (QED) is 0.890. The van der Waals surface area contributed by atoms with Crippen LogP contribution in [0.15, 0.2) is 48.5 Å². The highest BCUT2D eigenvalue weighted by Crippen LogP contribution is 2.19. The zero-order valence-corrected chi connectivity index (χ0v) is 13.8. The molecule has 3 rings (SSSR count). The minimum Gasteiger partial charge on any atom is -0.349 e. The standard InChI is InChI=1S/C20H21N3O/c1-23(14-17-4-2-3-16(11-17)12-21)13-15-5-7-18(8-6-15)20(24)22-19-9-10-19/h2-8,11,19H,9-10,13-14H2,1H3,(H,22,24). The summed E-state index contributed by atoms with van der Waals surface area (Å²) in [4.78, 5) is 14.2. The second-order valence-corrected chi connectivity index (χ2v) is 6.43. The zero-order valence-electron chi connectivity index (χ0n) is 13.8. The number of hydrogen-bond donors (Lipinski definition) is 1. The molecule has 0 spiro atoms. The van der Waals surface area contributed by atoms with Crippen LogP contribution in [0.3, 0.4) is 0 Å². The molecule has 0 atom stereocenters. The number of benzene rings is 2. The van der Waals surface area contributed by atoms with Gasteiger partial charge < -0.3 is 5.32 Å². The summed E-state index contributed by atoms with van der Waals surface area (Å²) in [6.07, 6.45) is 2.20. The lowest BCUT2D eigenvalue weighted by molar-refractivity contribution is 0.0951. The number of carbonyl (C=O) groups is 1. The summed E-state index contributed by atoms with van der Waals surface area (Å²) in [6.45, 7) is 1.57. The van der Waals surface area contributed by atoms with E-state index in [-0.39, 0.29) is 5.91 Å². The molecule has 1 aliphatic rings. The lowest BCUT2D eigenvalue weighted by Crippen LogP contribution is -2.25. The van der Waals surface area contributed by atoms with E-state index in [9.17, 15) is 4.79 Å². The van der Waals surface area contributed by atoms with Crippen molar-refractivity contribution < 1.29 is 4.79 Å². The lowest BCUT2D eigenvalue weighted by Gasteiger charge is -2.17. The van der Waals surface area contributed by atoms with Crippen LogP contribution in [-0.4, -0.2) is 23.9 Å². The van der Waals surface area contributed by atoms with Crippen molar-refractivity contribution in [3.05, 3.63) is 70.8 Å². The Hall–Kier alpha value is -2.64. The van der Waals surface area contributed by atoms with Gasteiger partial charge in [-0.05, 0) is 55.3 Å². The van der Waals surface area contributed by atoms with Crippen molar-refractivity contribution in [2.24, 2.45) is 0 Å². The van der Waals surface area contributed by atoms with Crippen LogP contribution in [0.25, 0.3) is 0 Å². The van der Waals surface area contributed by atoms with E-state index in [4.69, 9.17) is 5.26 Å². The first-order valence-electron chi connectivity index (χ1n) is 8.21. The van der Waals surface area contributed by atoms with Gasteiger partial charge in [-0.2, -0.15) is 5.26 Å². The topological polar surface area (TPSA) is 56.1 Å². The molecule has 2 aromatic rings. The average Bonchev–Trinajstić information content (AvgIpc) is 3.39. The van der Waals surface area contributed by atoms with E-state index in [1.54, 1.807) is 0 Å². The smallest absolute Gasteiger partial charge is 0.251 e. The van der Waals surface area contributed by atoms with Crippen LogP contribution in [-0.2, 0) is 13.1 Å². The van der Waals surface area contributed by atoms with Crippen molar-refractivity contribution >= 4 is 5.91 Å². The Bertz CT molecular complexity index is 757. The van der Waals surface area contributed by atoms with Crippen LogP contribution in [0, 0.1) is 11.3 Å². The highest BCUT2D eigenvalue weighted by Gasteiger charge is 2.23. The first-order valence-corrected chi connectivity index (χ1v) is 8.21. The maximum absolute atomic E-state index is 12.0. The number of nitrogens with one attached hydrogen (secondary N) is 1. The molecule has 0 aliphatic heterocycles. The van der Waals surface area contributed by atoms with Crippen LogP contribution in [0.4, 0.5) is 0 Å². The van der Waals surface area contributed by atoms with Gasteiger partial charge in [0, 0.05) is 24.7 Å². The Morgan fingerprint density at radius 3 is 2.54 bits per heavy atom. The molecule has 0 saturated heterocycles. The van der Waals surface area contributed by atoms with E-state index in [0.29, 0.717) is 11.6 Å². The van der Waals surface area contributed by atoms with Gasteiger partial charge in [-0.15, -0.1) is 0 Å². The van der Waals surface area contributed by atoms with Gasteiger partial charge >= 0.3 is 0 Å². The fourth-order valence-corrected chi connectivity index (χ4v) is 2.68. The van der Waals surface area contributed by atoms with E-state index < -0.39 is 0 Å². The predicted octanol–water partition coefficient (Wildman–Crippen LogP) is 3.08. The first-order chi connectivity index (χ1) is 11.6. The van der Waals surface area contributed by atoms with Crippen molar-refractivity contribution in [1.82, 2.24) is 10.2 Å². The molecule has 1 fully saturated rings. The van der Waals surface area contributed by atoms with E-state index in [1.807, 2.05) is 55.6 Å². The van der Waals surface area contributed by atoms with Crippen molar-refractivity contribution in [3.63, 3.8) is 0 Å². The summed E-state index contributed by atoms with van der Waals surface area (Å²) in [7, 11) is 2.05. The van der Waals surface area contributed by atoms with Crippen LogP contribution in [0.1, 0.15) is 39.9 Å². The monoisotopic (exact) mass is 319 g/mol. The SMILES string of the molecule is CN(Cc1ccc(C(=O)NC2CC2)cc1)Cc1cccc(C#N)c1. The fourth-order valence-electron chi connectivity index (χ4n) is 2.68. The van der Waals surface area contributed by atoms with E-state index in [0.717, 1.165) is 42.6 Å². The Kier molecular flexibility index (Phi) is 4.93. The van der Waals surface area contributed by atoms with Crippen molar-refractivity contribution in [1.29, 1.82) is 5.26 Å². The third-order valence-corrected chi connectivity index (χ3v) is 4.09. The van der Waals surface area contributed by atoms with Gasteiger partial charge in [-0.1, -0.05) is 24.3 Å². The molecule has 1 aliphatic carbocycles.